The van der Waals surface area contributed by atoms with E-state index in [1.165, 1.54) is 0 Å². The predicted octanol–water partition coefficient (Wildman–Crippen LogP) is 4.33. The highest BCUT2D eigenvalue weighted by atomic mass is 35.5. The van der Waals surface area contributed by atoms with E-state index < -0.39 is 0 Å². The molecule has 0 aliphatic carbocycles. The number of ether oxygens (including phenoxy) is 2. The van der Waals surface area contributed by atoms with Gasteiger partial charge < -0.3 is 14.8 Å². The monoisotopic (exact) mass is 326 g/mol. The first-order chi connectivity index (χ1) is 10.0. The smallest absolute Gasteiger partial charge is 0.154 e. The molecule has 2 rings (SSSR count). The van der Waals surface area contributed by atoms with E-state index in [2.05, 4.69) is 10.3 Å². The molecular formula is C15H16Cl2N2O2. The zero-order valence-electron chi connectivity index (χ0n) is 12.0. The molecule has 0 aliphatic heterocycles. The van der Waals surface area contributed by atoms with Crippen LogP contribution in [0.5, 0.6) is 11.5 Å². The number of pyridine rings is 1. The summed E-state index contributed by atoms with van der Waals surface area (Å²) in [6, 6.07) is 7.39. The molecule has 21 heavy (non-hydrogen) atoms. The number of benzene rings is 1. The van der Waals surface area contributed by atoms with E-state index in [1.54, 1.807) is 20.3 Å². The number of nitrogens with one attached hydrogen (secondary N) is 1. The molecule has 1 aromatic carbocycles. The number of halogens is 2. The van der Waals surface area contributed by atoms with Gasteiger partial charge in [0.05, 0.1) is 19.9 Å². The molecule has 0 atom stereocenters. The zero-order chi connectivity index (χ0) is 15.4. The Balaban J connectivity index is 2.24. The molecule has 0 fully saturated rings. The van der Waals surface area contributed by atoms with E-state index in [1.807, 2.05) is 25.1 Å². The summed E-state index contributed by atoms with van der Waals surface area (Å²) in [6.07, 6.45) is 0. The van der Waals surface area contributed by atoms with Gasteiger partial charge in [-0.2, -0.15) is 0 Å². The SMILES string of the molecule is COc1ccc(OC)c(CNc2c(C)cc(Cl)nc2Cl)c1. The summed E-state index contributed by atoms with van der Waals surface area (Å²) in [4.78, 5) is 4.04. The molecule has 0 unspecified atom stereocenters. The van der Waals surface area contributed by atoms with Gasteiger partial charge in [0.2, 0.25) is 0 Å². The summed E-state index contributed by atoms with van der Waals surface area (Å²) in [5.41, 5.74) is 2.65. The molecule has 112 valence electrons. The molecule has 0 spiro atoms. The fraction of sp³-hybridized carbons (Fsp3) is 0.267. The molecule has 1 heterocycles. The van der Waals surface area contributed by atoms with Crippen LogP contribution in [0.15, 0.2) is 24.3 Å². The van der Waals surface area contributed by atoms with Gasteiger partial charge in [0, 0.05) is 12.1 Å². The molecule has 4 nitrogen and oxygen atoms in total. The van der Waals surface area contributed by atoms with Gasteiger partial charge in [0.1, 0.15) is 16.7 Å². The summed E-state index contributed by atoms with van der Waals surface area (Å²) in [5, 5.41) is 3.99. The van der Waals surface area contributed by atoms with Crippen LogP contribution in [-0.4, -0.2) is 19.2 Å². The van der Waals surface area contributed by atoms with E-state index in [-0.39, 0.29) is 0 Å². The van der Waals surface area contributed by atoms with Gasteiger partial charge >= 0.3 is 0 Å². The Bertz CT molecular complexity index is 625. The highest BCUT2D eigenvalue weighted by Gasteiger charge is 2.10. The van der Waals surface area contributed by atoms with Crippen LogP contribution >= 0.6 is 23.2 Å². The second-order valence-electron chi connectivity index (χ2n) is 4.46. The van der Waals surface area contributed by atoms with E-state index in [0.717, 1.165) is 28.3 Å². The Morgan fingerprint density at radius 1 is 1.14 bits per heavy atom. The van der Waals surface area contributed by atoms with Crippen molar-refractivity contribution in [3.05, 3.63) is 45.7 Å². The van der Waals surface area contributed by atoms with Gasteiger partial charge in [-0.05, 0) is 36.8 Å². The minimum Gasteiger partial charge on any atom is -0.497 e. The largest absolute Gasteiger partial charge is 0.497 e. The van der Waals surface area contributed by atoms with Crippen molar-refractivity contribution in [2.24, 2.45) is 0 Å². The van der Waals surface area contributed by atoms with Crippen LogP contribution in [0.2, 0.25) is 10.3 Å². The van der Waals surface area contributed by atoms with Crippen molar-refractivity contribution in [3.63, 3.8) is 0 Å². The van der Waals surface area contributed by atoms with Crippen LogP contribution in [0.3, 0.4) is 0 Å². The second-order valence-corrected chi connectivity index (χ2v) is 5.20. The second kappa shape index (κ2) is 6.87. The van der Waals surface area contributed by atoms with Crippen molar-refractivity contribution < 1.29 is 9.47 Å². The molecule has 1 N–H and O–H groups in total. The van der Waals surface area contributed by atoms with E-state index in [4.69, 9.17) is 32.7 Å². The van der Waals surface area contributed by atoms with Gasteiger partial charge in [-0.15, -0.1) is 0 Å². The molecule has 0 radical (unpaired) electrons. The maximum atomic E-state index is 6.12. The van der Waals surface area contributed by atoms with Crippen molar-refractivity contribution in [1.82, 2.24) is 4.98 Å². The Morgan fingerprint density at radius 2 is 1.90 bits per heavy atom. The standard InChI is InChI=1S/C15H16Cl2N2O2/c1-9-6-13(16)19-15(17)14(9)18-8-10-7-11(20-2)4-5-12(10)21-3/h4-7,18H,8H2,1-3H3. The third kappa shape index (κ3) is 3.71. The Hall–Kier alpha value is -1.65. The summed E-state index contributed by atoms with van der Waals surface area (Å²) < 4.78 is 10.6. The summed E-state index contributed by atoms with van der Waals surface area (Å²) in [6.45, 7) is 2.45. The minimum absolute atomic E-state index is 0.349. The van der Waals surface area contributed by atoms with Crippen molar-refractivity contribution >= 4 is 28.9 Å². The number of nitrogens with zero attached hydrogens (tertiary/aromatic N) is 1. The fourth-order valence-electron chi connectivity index (χ4n) is 2.01. The van der Waals surface area contributed by atoms with E-state index in [0.29, 0.717) is 16.9 Å². The number of methoxy groups -OCH3 is 2. The van der Waals surface area contributed by atoms with Crippen molar-refractivity contribution in [1.29, 1.82) is 0 Å². The minimum atomic E-state index is 0.349. The van der Waals surface area contributed by atoms with Gasteiger partial charge in [0.25, 0.3) is 0 Å². The maximum Gasteiger partial charge on any atom is 0.154 e. The highest BCUT2D eigenvalue weighted by molar-refractivity contribution is 6.34. The first-order valence-electron chi connectivity index (χ1n) is 6.32. The number of aromatic nitrogens is 1. The number of anilines is 1. The number of rotatable bonds is 5. The van der Waals surface area contributed by atoms with Gasteiger partial charge in [-0.1, -0.05) is 23.2 Å². The average molecular weight is 327 g/mol. The maximum absolute atomic E-state index is 6.12. The van der Waals surface area contributed by atoms with E-state index in [9.17, 15) is 0 Å². The average Bonchev–Trinajstić information content (AvgIpc) is 2.45. The zero-order valence-corrected chi connectivity index (χ0v) is 13.5. The number of hydrogen-bond donors (Lipinski definition) is 1. The van der Waals surface area contributed by atoms with Crippen LogP contribution in [0.25, 0.3) is 0 Å². The van der Waals surface area contributed by atoms with Crippen LogP contribution in [0.4, 0.5) is 5.69 Å². The number of hydrogen-bond acceptors (Lipinski definition) is 4. The summed E-state index contributed by atoms with van der Waals surface area (Å²) >= 11 is 12.0. The quantitative estimate of drug-likeness (QED) is 0.830. The molecule has 0 bridgehead atoms. The van der Waals surface area contributed by atoms with Crippen LogP contribution in [0.1, 0.15) is 11.1 Å². The molecule has 0 saturated carbocycles. The predicted molar refractivity (Wildman–Crippen MR) is 85.9 cm³/mol. The Morgan fingerprint density at radius 3 is 2.52 bits per heavy atom. The van der Waals surface area contributed by atoms with Crippen molar-refractivity contribution in [2.75, 3.05) is 19.5 Å². The first kappa shape index (κ1) is 15.7. The van der Waals surface area contributed by atoms with Crippen molar-refractivity contribution in [2.45, 2.75) is 13.5 Å². The van der Waals surface area contributed by atoms with Gasteiger partial charge in [-0.25, -0.2) is 4.98 Å². The first-order valence-corrected chi connectivity index (χ1v) is 7.08. The lowest BCUT2D eigenvalue weighted by Crippen LogP contribution is -2.05. The third-order valence-electron chi connectivity index (χ3n) is 3.08. The lowest BCUT2D eigenvalue weighted by molar-refractivity contribution is 0.399. The van der Waals surface area contributed by atoms with Gasteiger partial charge in [0.15, 0.2) is 5.15 Å². The van der Waals surface area contributed by atoms with Crippen LogP contribution < -0.4 is 14.8 Å². The Kier molecular flexibility index (Phi) is 5.15. The van der Waals surface area contributed by atoms with Gasteiger partial charge in [-0.3, -0.25) is 0 Å². The molecule has 2 aromatic rings. The third-order valence-corrected chi connectivity index (χ3v) is 3.55. The highest BCUT2D eigenvalue weighted by Crippen LogP contribution is 2.29. The van der Waals surface area contributed by atoms with Crippen molar-refractivity contribution in [3.8, 4) is 11.5 Å². The summed E-state index contributed by atoms with van der Waals surface area (Å²) in [5.74, 6) is 1.55. The lowest BCUT2D eigenvalue weighted by atomic mass is 10.1. The lowest BCUT2D eigenvalue weighted by Gasteiger charge is -2.14. The molecule has 6 heteroatoms. The molecule has 1 aromatic heterocycles. The topological polar surface area (TPSA) is 43.4 Å². The Labute approximate surface area is 134 Å². The normalized spacial score (nSPS) is 10.3. The molecular weight excluding hydrogens is 311 g/mol. The fourth-order valence-corrected chi connectivity index (χ4v) is 2.61. The molecule has 0 aliphatic rings. The van der Waals surface area contributed by atoms with E-state index >= 15 is 0 Å². The molecule has 0 saturated heterocycles. The van der Waals surface area contributed by atoms with Crippen LogP contribution in [0, 0.1) is 6.92 Å². The summed E-state index contributed by atoms with van der Waals surface area (Å²) in [7, 11) is 3.26. The number of aryl methyl sites for hydroxylation is 1. The van der Waals surface area contributed by atoms with Crippen LogP contribution in [-0.2, 0) is 6.54 Å². The molecule has 0 amide bonds.